The molecule has 0 saturated heterocycles. The lowest BCUT2D eigenvalue weighted by atomic mass is 10.1. The third-order valence-electron chi connectivity index (χ3n) is 2.73. The van der Waals surface area contributed by atoms with Gasteiger partial charge in [0.15, 0.2) is 0 Å². The minimum absolute atomic E-state index is 0. The minimum atomic E-state index is -4.39. The van der Waals surface area contributed by atoms with Crippen molar-refractivity contribution in [2.45, 2.75) is 12.6 Å². The van der Waals surface area contributed by atoms with Gasteiger partial charge in [-0.1, -0.05) is 18.2 Å². The van der Waals surface area contributed by atoms with Crippen LogP contribution in [0.15, 0.2) is 24.3 Å². The summed E-state index contributed by atoms with van der Waals surface area (Å²) < 4.78 is 42.5. The lowest BCUT2D eigenvalue weighted by molar-refractivity contribution is -0.137. The van der Waals surface area contributed by atoms with Gasteiger partial charge in [-0.3, -0.25) is 4.79 Å². The molecule has 2 N–H and O–H groups in total. The second-order valence-corrected chi connectivity index (χ2v) is 4.47. The molecule has 0 aliphatic heterocycles. The maximum atomic E-state index is 12.5. The van der Waals surface area contributed by atoms with Gasteiger partial charge in [0, 0.05) is 26.7 Å². The van der Waals surface area contributed by atoms with Crippen LogP contribution in [0.25, 0.3) is 0 Å². The summed E-state index contributed by atoms with van der Waals surface area (Å²) in [7, 11) is 1.60. The number of carbonyl (C=O) groups is 1. The molecule has 0 aliphatic carbocycles. The van der Waals surface area contributed by atoms with E-state index < -0.39 is 11.7 Å². The van der Waals surface area contributed by atoms with E-state index in [1.54, 1.807) is 7.11 Å². The van der Waals surface area contributed by atoms with Crippen molar-refractivity contribution < 1.29 is 22.7 Å². The molecule has 0 spiro atoms. The number of carbonyl (C=O) groups excluding carboxylic acids is 1. The molecule has 0 aliphatic rings. The van der Waals surface area contributed by atoms with Gasteiger partial charge in [0.25, 0.3) is 0 Å². The van der Waals surface area contributed by atoms with Crippen LogP contribution in [-0.2, 0) is 22.1 Å². The summed E-state index contributed by atoms with van der Waals surface area (Å²) in [5.41, 5.74) is -0.399. The first-order valence-corrected chi connectivity index (χ1v) is 6.56. The summed E-state index contributed by atoms with van der Waals surface area (Å²) in [4.78, 5) is 11.6. The SMILES string of the molecule is COCCNCCNC(=O)Cc1cccc(C(F)(F)F)c1.Cl. The Morgan fingerprint density at radius 3 is 2.59 bits per heavy atom. The van der Waals surface area contributed by atoms with Gasteiger partial charge in [-0.25, -0.2) is 0 Å². The number of nitrogens with one attached hydrogen (secondary N) is 2. The molecule has 0 radical (unpaired) electrons. The summed E-state index contributed by atoms with van der Waals surface area (Å²) in [5, 5.41) is 5.69. The Labute approximate surface area is 133 Å². The molecule has 22 heavy (non-hydrogen) atoms. The van der Waals surface area contributed by atoms with E-state index in [9.17, 15) is 18.0 Å². The Hall–Kier alpha value is -1.31. The van der Waals surface area contributed by atoms with E-state index in [1.807, 2.05) is 0 Å². The van der Waals surface area contributed by atoms with Crippen LogP contribution in [0.1, 0.15) is 11.1 Å². The van der Waals surface area contributed by atoms with E-state index in [-0.39, 0.29) is 24.7 Å². The van der Waals surface area contributed by atoms with Crippen LogP contribution in [0.3, 0.4) is 0 Å². The molecule has 0 saturated carbocycles. The third-order valence-corrected chi connectivity index (χ3v) is 2.73. The molecule has 0 aromatic heterocycles. The topological polar surface area (TPSA) is 50.4 Å². The van der Waals surface area contributed by atoms with Crippen molar-refractivity contribution in [1.82, 2.24) is 10.6 Å². The molecule has 1 aromatic carbocycles. The van der Waals surface area contributed by atoms with Gasteiger partial charge in [0.05, 0.1) is 18.6 Å². The van der Waals surface area contributed by atoms with Gasteiger partial charge in [0.2, 0.25) is 5.91 Å². The summed E-state index contributed by atoms with van der Waals surface area (Å²) in [6, 6.07) is 4.79. The van der Waals surface area contributed by atoms with E-state index in [2.05, 4.69) is 10.6 Å². The predicted octanol–water partition coefficient (Wildman–Crippen LogP) is 2.02. The van der Waals surface area contributed by atoms with Crippen LogP contribution in [0, 0.1) is 0 Å². The van der Waals surface area contributed by atoms with E-state index in [0.717, 1.165) is 12.1 Å². The molecule has 8 heteroatoms. The van der Waals surface area contributed by atoms with Crippen molar-refractivity contribution in [3.63, 3.8) is 0 Å². The van der Waals surface area contributed by atoms with E-state index in [4.69, 9.17) is 4.74 Å². The lowest BCUT2D eigenvalue weighted by Gasteiger charge is -2.09. The van der Waals surface area contributed by atoms with Crippen LogP contribution < -0.4 is 10.6 Å². The highest BCUT2D eigenvalue weighted by atomic mass is 35.5. The standard InChI is InChI=1S/C14H19F3N2O2.ClH/c1-21-8-7-18-5-6-19-13(20)10-11-3-2-4-12(9-11)14(15,16)17;/h2-4,9,18H,5-8,10H2,1H3,(H,19,20);1H. The van der Waals surface area contributed by atoms with Crippen LogP contribution in [0.2, 0.25) is 0 Å². The van der Waals surface area contributed by atoms with Crippen molar-refractivity contribution >= 4 is 18.3 Å². The van der Waals surface area contributed by atoms with Gasteiger partial charge < -0.3 is 15.4 Å². The first-order chi connectivity index (χ1) is 9.93. The van der Waals surface area contributed by atoms with Gasteiger partial charge in [-0.2, -0.15) is 13.2 Å². The number of methoxy groups -OCH3 is 1. The molecule has 0 atom stereocenters. The first kappa shape index (κ1) is 20.7. The number of alkyl halides is 3. The molecule has 0 fully saturated rings. The number of ether oxygens (including phenoxy) is 1. The average molecular weight is 341 g/mol. The Morgan fingerprint density at radius 2 is 1.95 bits per heavy atom. The third kappa shape index (κ3) is 8.21. The normalized spacial score (nSPS) is 10.9. The maximum Gasteiger partial charge on any atom is 0.416 e. The van der Waals surface area contributed by atoms with Crippen molar-refractivity contribution in [1.29, 1.82) is 0 Å². The second kappa shape index (κ2) is 10.4. The molecule has 1 rings (SSSR count). The fourth-order valence-electron chi connectivity index (χ4n) is 1.70. The minimum Gasteiger partial charge on any atom is -0.383 e. The van der Waals surface area contributed by atoms with Gasteiger partial charge in [-0.15, -0.1) is 12.4 Å². The molecule has 0 bridgehead atoms. The highest BCUT2D eigenvalue weighted by Gasteiger charge is 2.30. The molecule has 1 amide bonds. The zero-order valence-corrected chi connectivity index (χ0v) is 13.0. The monoisotopic (exact) mass is 340 g/mol. The number of hydrogen-bond acceptors (Lipinski definition) is 3. The van der Waals surface area contributed by atoms with Gasteiger partial charge >= 0.3 is 6.18 Å². The molecule has 1 aromatic rings. The van der Waals surface area contributed by atoms with Gasteiger partial charge in [-0.05, 0) is 11.6 Å². The fourth-order valence-corrected chi connectivity index (χ4v) is 1.70. The summed E-state index contributed by atoms with van der Waals surface area (Å²) >= 11 is 0. The second-order valence-electron chi connectivity index (χ2n) is 4.47. The first-order valence-electron chi connectivity index (χ1n) is 6.56. The zero-order valence-electron chi connectivity index (χ0n) is 12.2. The predicted molar refractivity (Wildman–Crippen MR) is 80.2 cm³/mol. The van der Waals surface area contributed by atoms with Crippen molar-refractivity contribution in [3.8, 4) is 0 Å². The number of rotatable bonds is 8. The fraction of sp³-hybridized carbons (Fsp3) is 0.500. The van der Waals surface area contributed by atoms with E-state index in [0.29, 0.717) is 31.8 Å². The smallest absolute Gasteiger partial charge is 0.383 e. The molecular weight excluding hydrogens is 321 g/mol. The quantitative estimate of drug-likeness (QED) is 0.712. The molecular formula is C14H20ClF3N2O2. The highest BCUT2D eigenvalue weighted by Crippen LogP contribution is 2.29. The van der Waals surface area contributed by atoms with Crippen LogP contribution in [0.5, 0.6) is 0 Å². The number of hydrogen-bond donors (Lipinski definition) is 2. The Kier molecular flexibility index (Phi) is 9.80. The largest absolute Gasteiger partial charge is 0.416 e. The number of amides is 1. The summed E-state index contributed by atoms with van der Waals surface area (Å²) in [6.45, 7) is 2.26. The van der Waals surface area contributed by atoms with Gasteiger partial charge in [0.1, 0.15) is 0 Å². The maximum absolute atomic E-state index is 12.5. The molecule has 0 unspecified atom stereocenters. The Morgan fingerprint density at radius 1 is 1.23 bits per heavy atom. The zero-order chi connectivity index (χ0) is 15.7. The average Bonchev–Trinajstić information content (AvgIpc) is 2.42. The Balaban J connectivity index is 0.00000441. The molecule has 4 nitrogen and oxygen atoms in total. The molecule has 0 heterocycles. The van der Waals surface area contributed by atoms with E-state index >= 15 is 0 Å². The van der Waals surface area contributed by atoms with Crippen molar-refractivity contribution in [2.24, 2.45) is 0 Å². The Bertz CT molecular complexity index is 456. The summed E-state index contributed by atoms with van der Waals surface area (Å²) in [5.74, 6) is -0.303. The van der Waals surface area contributed by atoms with Crippen LogP contribution in [0.4, 0.5) is 13.2 Å². The van der Waals surface area contributed by atoms with E-state index in [1.165, 1.54) is 12.1 Å². The number of benzene rings is 1. The van der Waals surface area contributed by atoms with Crippen molar-refractivity contribution in [3.05, 3.63) is 35.4 Å². The van der Waals surface area contributed by atoms with Crippen LogP contribution in [-0.4, -0.2) is 39.3 Å². The lowest BCUT2D eigenvalue weighted by Crippen LogP contribution is -2.33. The molecule has 126 valence electrons. The van der Waals surface area contributed by atoms with Crippen molar-refractivity contribution in [2.75, 3.05) is 33.4 Å². The highest BCUT2D eigenvalue weighted by molar-refractivity contribution is 5.85. The van der Waals surface area contributed by atoms with Crippen LogP contribution >= 0.6 is 12.4 Å². The summed E-state index contributed by atoms with van der Waals surface area (Å²) in [6.07, 6.45) is -4.46. The number of halogens is 4.